The van der Waals surface area contributed by atoms with E-state index in [1.54, 1.807) is 6.08 Å². The lowest BCUT2D eigenvalue weighted by atomic mass is 9.89. The molecule has 0 aliphatic rings. The highest BCUT2D eigenvalue weighted by molar-refractivity contribution is 5.12. The van der Waals surface area contributed by atoms with E-state index in [1.807, 2.05) is 25.2 Å². The topological polar surface area (TPSA) is 0 Å². The summed E-state index contributed by atoms with van der Waals surface area (Å²) in [5, 5.41) is 0. The zero-order valence-corrected chi connectivity index (χ0v) is 10.1. The Morgan fingerprint density at radius 3 is 1.79 bits per heavy atom. The Balaban J connectivity index is 0. The predicted molar refractivity (Wildman–Crippen MR) is 68.4 cm³/mol. The van der Waals surface area contributed by atoms with Crippen molar-refractivity contribution in [1.29, 1.82) is 0 Å². The van der Waals surface area contributed by atoms with Gasteiger partial charge in [-0.05, 0) is 18.8 Å². The Morgan fingerprint density at radius 2 is 1.71 bits per heavy atom. The van der Waals surface area contributed by atoms with Crippen LogP contribution in [-0.4, -0.2) is 0 Å². The second kappa shape index (κ2) is 8.55. The Hall–Kier alpha value is -1.04. The molecule has 0 amide bonds. The lowest BCUT2D eigenvalue weighted by molar-refractivity contribution is 0.414. The summed E-state index contributed by atoms with van der Waals surface area (Å²) >= 11 is 0. The first-order valence-electron chi connectivity index (χ1n) is 4.91. The molecule has 0 saturated heterocycles. The highest BCUT2D eigenvalue weighted by Gasteiger charge is 2.09. The van der Waals surface area contributed by atoms with Gasteiger partial charge in [-0.1, -0.05) is 70.4 Å². The molecule has 0 unspecified atom stereocenters. The first-order valence-corrected chi connectivity index (χ1v) is 4.91. The average molecular weight is 192 g/mol. The SMILES string of the molecule is C=C/C=C/C.C=CC(=C)CC(C)(C)C. The van der Waals surface area contributed by atoms with Crippen LogP contribution in [0.1, 0.15) is 34.1 Å². The van der Waals surface area contributed by atoms with Crippen LogP contribution in [0.25, 0.3) is 0 Å². The molecule has 0 aromatic carbocycles. The number of rotatable bonds is 3. The van der Waals surface area contributed by atoms with E-state index in [4.69, 9.17) is 0 Å². The van der Waals surface area contributed by atoms with E-state index in [9.17, 15) is 0 Å². The van der Waals surface area contributed by atoms with Crippen molar-refractivity contribution in [2.75, 3.05) is 0 Å². The van der Waals surface area contributed by atoms with Crippen LogP contribution in [0.5, 0.6) is 0 Å². The number of hydrogen-bond donors (Lipinski definition) is 0. The smallest absolute Gasteiger partial charge is 0.0236 e. The van der Waals surface area contributed by atoms with Crippen molar-refractivity contribution in [3.63, 3.8) is 0 Å². The minimum Gasteiger partial charge on any atom is -0.0991 e. The van der Waals surface area contributed by atoms with Crippen LogP contribution in [0.3, 0.4) is 0 Å². The molecule has 0 spiro atoms. The first kappa shape index (κ1) is 15.4. The molecule has 0 aliphatic carbocycles. The van der Waals surface area contributed by atoms with Gasteiger partial charge in [0.05, 0.1) is 0 Å². The van der Waals surface area contributed by atoms with Crippen LogP contribution in [0, 0.1) is 5.41 Å². The molecular weight excluding hydrogens is 168 g/mol. The fourth-order valence-electron chi connectivity index (χ4n) is 0.889. The van der Waals surface area contributed by atoms with Crippen LogP contribution in [0.2, 0.25) is 0 Å². The number of allylic oxidation sites excluding steroid dienone is 5. The molecule has 0 aliphatic heterocycles. The minimum absolute atomic E-state index is 0.352. The third-order valence-corrected chi connectivity index (χ3v) is 1.37. The summed E-state index contributed by atoms with van der Waals surface area (Å²) < 4.78 is 0. The molecule has 14 heavy (non-hydrogen) atoms. The van der Waals surface area contributed by atoms with E-state index < -0.39 is 0 Å². The Bertz CT molecular complexity index is 199. The van der Waals surface area contributed by atoms with Gasteiger partial charge in [0, 0.05) is 0 Å². The van der Waals surface area contributed by atoms with E-state index in [0.29, 0.717) is 5.41 Å². The monoisotopic (exact) mass is 192 g/mol. The largest absolute Gasteiger partial charge is 0.0991 e. The Labute approximate surface area is 89.7 Å². The van der Waals surface area contributed by atoms with Crippen LogP contribution in [0.4, 0.5) is 0 Å². The molecule has 0 rings (SSSR count). The fraction of sp³-hybridized carbons (Fsp3) is 0.429. The normalized spacial score (nSPS) is 10.3. The quantitative estimate of drug-likeness (QED) is 0.557. The predicted octanol–water partition coefficient (Wildman–Crippen LogP) is 4.91. The summed E-state index contributed by atoms with van der Waals surface area (Å²) in [6, 6.07) is 0. The van der Waals surface area contributed by atoms with Crippen LogP contribution < -0.4 is 0 Å². The molecule has 0 aromatic heterocycles. The van der Waals surface area contributed by atoms with Gasteiger partial charge in [0.1, 0.15) is 0 Å². The standard InChI is InChI=1S/C9H16.C5H8/c1-6-8(2)7-9(3,4)5;1-3-5-4-2/h6H,1-2,7H2,3-5H3;3-5H,1H2,2H3/b;5-4+. The van der Waals surface area contributed by atoms with Gasteiger partial charge in [0.25, 0.3) is 0 Å². The van der Waals surface area contributed by atoms with Crippen LogP contribution in [0.15, 0.2) is 49.6 Å². The molecule has 80 valence electrons. The average Bonchev–Trinajstić information content (AvgIpc) is 2.04. The molecule has 0 radical (unpaired) electrons. The van der Waals surface area contributed by atoms with E-state index in [-0.39, 0.29) is 0 Å². The van der Waals surface area contributed by atoms with E-state index in [0.717, 1.165) is 12.0 Å². The lowest BCUT2D eigenvalue weighted by Gasteiger charge is -2.17. The summed E-state index contributed by atoms with van der Waals surface area (Å²) in [4.78, 5) is 0. The summed E-state index contributed by atoms with van der Waals surface area (Å²) in [5.41, 5.74) is 1.48. The highest BCUT2D eigenvalue weighted by atomic mass is 14.1. The van der Waals surface area contributed by atoms with Crippen molar-refractivity contribution in [2.45, 2.75) is 34.1 Å². The van der Waals surface area contributed by atoms with Crippen molar-refractivity contribution < 1.29 is 0 Å². The van der Waals surface area contributed by atoms with Crippen molar-refractivity contribution in [1.82, 2.24) is 0 Å². The van der Waals surface area contributed by atoms with E-state index >= 15 is 0 Å². The molecule has 0 aromatic rings. The lowest BCUT2D eigenvalue weighted by Crippen LogP contribution is -2.04. The molecule has 0 atom stereocenters. The van der Waals surface area contributed by atoms with Crippen molar-refractivity contribution in [3.05, 3.63) is 49.6 Å². The second-order valence-corrected chi connectivity index (χ2v) is 4.36. The maximum Gasteiger partial charge on any atom is -0.0236 e. The van der Waals surface area contributed by atoms with Crippen molar-refractivity contribution in [2.24, 2.45) is 5.41 Å². The van der Waals surface area contributed by atoms with Crippen LogP contribution >= 0.6 is 0 Å². The van der Waals surface area contributed by atoms with Crippen molar-refractivity contribution in [3.8, 4) is 0 Å². The van der Waals surface area contributed by atoms with Gasteiger partial charge < -0.3 is 0 Å². The molecule has 0 heteroatoms. The molecule has 0 saturated carbocycles. The zero-order valence-electron chi connectivity index (χ0n) is 10.1. The van der Waals surface area contributed by atoms with E-state index in [1.165, 1.54) is 0 Å². The molecular formula is C14H24. The van der Waals surface area contributed by atoms with Crippen molar-refractivity contribution >= 4 is 0 Å². The molecule has 0 bridgehead atoms. The van der Waals surface area contributed by atoms with Gasteiger partial charge in [-0.25, -0.2) is 0 Å². The first-order chi connectivity index (χ1) is 6.37. The van der Waals surface area contributed by atoms with Gasteiger partial charge in [0.15, 0.2) is 0 Å². The summed E-state index contributed by atoms with van der Waals surface area (Å²) in [6.45, 7) is 19.5. The van der Waals surface area contributed by atoms with E-state index in [2.05, 4.69) is 40.5 Å². The van der Waals surface area contributed by atoms with Gasteiger partial charge in [-0.3, -0.25) is 0 Å². The highest BCUT2D eigenvalue weighted by Crippen LogP contribution is 2.22. The third kappa shape index (κ3) is 17.2. The maximum atomic E-state index is 3.84. The molecule has 0 fully saturated rings. The number of hydrogen-bond acceptors (Lipinski definition) is 0. The third-order valence-electron chi connectivity index (χ3n) is 1.37. The van der Waals surface area contributed by atoms with Gasteiger partial charge >= 0.3 is 0 Å². The molecule has 0 heterocycles. The minimum atomic E-state index is 0.352. The second-order valence-electron chi connectivity index (χ2n) is 4.36. The summed E-state index contributed by atoms with van der Waals surface area (Å²) in [6.07, 6.45) is 8.44. The van der Waals surface area contributed by atoms with Gasteiger partial charge in [0.2, 0.25) is 0 Å². The Kier molecular flexibility index (Phi) is 9.43. The summed E-state index contributed by atoms with van der Waals surface area (Å²) in [7, 11) is 0. The summed E-state index contributed by atoms with van der Waals surface area (Å²) in [5.74, 6) is 0. The molecule has 0 N–H and O–H groups in total. The fourth-order valence-corrected chi connectivity index (χ4v) is 0.889. The van der Waals surface area contributed by atoms with Gasteiger partial charge in [-0.2, -0.15) is 0 Å². The van der Waals surface area contributed by atoms with Gasteiger partial charge in [-0.15, -0.1) is 0 Å². The molecule has 0 nitrogen and oxygen atoms in total. The van der Waals surface area contributed by atoms with Crippen LogP contribution in [-0.2, 0) is 0 Å². The maximum absolute atomic E-state index is 3.84. The Morgan fingerprint density at radius 1 is 1.21 bits per heavy atom. The zero-order chi connectivity index (χ0) is 11.6.